The highest BCUT2D eigenvalue weighted by atomic mass is 16.3. The Balaban J connectivity index is 2.83. The molecule has 0 saturated heterocycles. The summed E-state index contributed by atoms with van der Waals surface area (Å²) in [6.07, 6.45) is 4.57. The van der Waals surface area contributed by atoms with E-state index < -0.39 is 0 Å². The molecule has 3 heteroatoms. The summed E-state index contributed by atoms with van der Waals surface area (Å²) >= 11 is 0. The summed E-state index contributed by atoms with van der Waals surface area (Å²) in [6, 6.07) is 3.31. The maximum Gasteiger partial charge on any atom is 0.197 e. The molecule has 3 nitrogen and oxygen atoms in total. The first kappa shape index (κ1) is 6.09. The van der Waals surface area contributed by atoms with Crippen molar-refractivity contribution in [3.63, 3.8) is 0 Å². The second-order valence-corrected chi connectivity index (χ2v) is 2.24. The van der Waals surface area contributed by atoms with Gasteiger partial charge in [-0.1, -0.05) is 0 Å². The Hall–Kier alpha value is -1.64. The average Bonchev–Trinajstić information content (AvgIpc) is 2.04. The van der Waals surface area contributed by atoms with Crippen LogP contribution in [0.5, 0.6) is 5.75 Å². The fourth-order valence-corrected chi connectivity index (χ4v) is 0.951. The number of fused-ring (bicyclic) bond motifs is 1. The lowest BCUT2D eigenvalue weighted by atomic mass is 10.3. The van der Waals surface area contributed by atoms with Gasteiger partial charge in [-0.2, -0.15) is 0 Å². The van der Waals surface area contributed by atoms with Crippen LogP contribution in [0.3, 0.4) is 0 Å². The number of aromatic nitrogens is 2. The van der Waals surface area contributed by atoms with Crippen LogP contribution in [-0.4, -0.2) is 9.97 Å². The first-order chi connectivity index (χ1) is 5.36. The second kappa shape index (κ2) is 2.20. The van der Waals surface area contributed by atoms with E-state index in [1.165, 1.54) is 6.20 Å². The Bertz CT molecular complexity index is 387. The van der Waals surface area contributed by atoms with E-state index in [0.717, 1.165) is 10.9 Å². The molecule has 11 heavy (non-hydrogen) atoms. The highest BCUT2D eigenvalue weighted by molar-refractivity contribution is 5.78. The molecule has 0 bridgehead atoms. The molecule has 0 spiro atoms. The zero-order chi connectivity index (χ0) is 7.68. The van der Waals surface area contributed by atoms with Crippen LogP contribution in [0.25, 0.3) is 10.9 Å². The van der Waals surface area contributed by atoms with E-state index in [9.17, 15) is 5.11 Å². The molecule has 0 saturated carbocycles. The second-order valence-electron chi connectivity index (χ2n) is 2.24. The smallest absolute Gasteiger partial charge is 0.197 e. The van der Waals surface area contributed by atoms with Crippen LogP contribution in [0, 0.1) is 0 Å². The lowest BCUT2D eigenvalue weighted by Gasteiger charge is -1.92. The molecule has 2 heterocycles. The van der Waals surface area contributed by atoms with Crippen molar-refractivity contribution in [1.29, 1.82) is 0 Å². The van der Waals surface area contributed by atoms with Crippen molar-refractivity contribution in [2.75, 3.05) is 0 Å². The Morgan fingerprint density at radius 3 is 3.09 bits per heavy atom. The van der Waals surface area contributed by atoms with Gasteiger partial charge in [0.05, 0.1) is 17.9 Å². The Morgan fingerprint density at radius 1 is 1.27 bits per heavy atom. The van der Waals surface area contributed by atoms with Crippen LogP contribution in [-0.2, 0) is 5.11 Å². The summed E-state index contributed by atoms with van der Waals surface area (Å²) in [5, 5.41) is 11.6. The molecule has 0 fully saturated rings. The van der Waals surface area contributed by atoms with Gasteiger partial charge in [0, 0.05) is 11.6 Å². The van der Waals surface area contributed by atoms with Gasteiger partial charge >= 0.3 is 0 Å². The maximum absolute atomic E-state index is 10.8. The summed E-state index contributed by atoms with van der Waals surface area (Å²) in [5.74, 6) is -0.0660. The van der Waals surface area contributed by atoms with Crippen LogP contribution in [0.4, 0.5) is 0 Å². The maximum atomic E-state index is 10.8. The lowest BCUT2D eigenvalue weighted by Crippen LogP contribution is -1.78. The van der Waals surface area contributed by atoms with Crippen molar-refractivity contribution in [2.45, 2.75) is 0 Å². The van der Waals surface area contributed by atoms with Gasteiger partial charge in [-0.05, 0) is 12.1 Å². The van der Waals surface area contributed by atoms with E-state index in [-0.39, 0.29) is 5.75 Å². The summed E-state index contributed by atoms with van der Waals surface area (Å²) in [4.78, 5) is 7.78. The van der Waals surface area contributed by atoms with Crippen LogP contribution >= 0.6 is 0 Å². The third-order valence-corrected chi connectivity index (χ3v) is 1.46. The summed E-state index contributed by atoms with van der Waals surface area (Å²) in [6.45, 7) is 0. The van der Waals surface area contributed by atoms with Gasteiger partial charge in [0.1, 0.15) is 0 Å². The fraction of sp³-hybridized carbons (Fsp3) is 0. The standard InChI is InChI=1S/C8H5N2O/c11-7-3-6-1-2-9-5-8(6)10-4-7/h1-5H. The number of nitrogens with zero attached hydrogens (tertiary/aromatic N) is 2. The van der Waals surface area contributed by atoms with Crippen LogP contribution in [0.2, 0.25) is 0 Å². The molecule has 0 aliphatic rings. The summed E-state index contributed by atoms with van der Waals surface area (Å²) < 4.78 is 0. The van der Waals surface area contributed by atoms with Gasteiger partial charge in [-0.3, -0.25) is 15.1 Å². The van der Waals surface area contributed by atoms with Crippen molar-refractivity contribution in [3.8, 4) is 5.75 Å². The molecule has 0 aliphatic carbocycles. The Labute approximate surface area is 63.3 Å². The van der Waals surface area contributed by atoms with Gasteiger partial charge in [-0.25, -0.2) is 0 Å². The molecule has 0 atom stereocenters. The van der Waals surface area contributed by atoms with E-state index in [4.69, 9.17) is 0 Å². The Kier molecular flexibility index (Phi) is 1.22. The van der Waals surface area contributed by atoms with Crippen molar-refractivity contribution < 1.29 is 5.11 Å². The molecule has 2 aromatic heterocycles. The molecule has 2 aromatic rings. The normalized spacial score (nSPS) is 10.2. The van der Waals surface area contributed by atoms with Gasteiger partial charge in [0.2, 0.25) is 0 Å². The molecule has 1 radical (unpaired) electrons. The summed E-state index contributed by atoms with van der Waals surface area (Å²) in [5.41, 5.74) is 0.757. The zero-order valence-electron chi connectivity index (χ0n) is 5.69. The molecule has 0 unspecified atom stereocenters. The molecule has 0 aliphatic heterocycles. The molecular formula is C8H5N2O. The number of rotatable bonds is 0. The van der Waals surface area contributed by atoms with Crippen molar-refractivity contribution in [1.82, 2.24) is 9.97 Å². The Morgan fingerprint density at radius 2 is 2.18 bits per heavy atom. The highest BCUT2D eigenvalue weighted by Crippen LogP contribution is 2.15. The van der Waals surface area contributed by atoms with Gasteiger partial charge in [0.25, 0.3) is 0 Å². The molecular weight excluding hydrogens is 140 g/mol. The van der Waals surface area contributed by atoms with Gasteiger partial charge in [-0.15, -0.1) is 0 Å². The lowest BCUT2D eigenvalue weighted by molar-refractivity contribution is 0.354. The number of hydrogen-bond donors (Lipinski definition) is 0. The van der Waals surface area contributed by atoms with Crippen LogP contribution in [0.1, 0.15) is 0 Å². The van der Waals surface area contributed by atoms with Crippen molar-refractivity contribution in [2.24, 2.45) is 0 Å². The monoisotopic (exact) mass is 145 g/mol. The fourth-order valence-electron chi connectivity index (χ4n) is 0.951. The van der Waals surface area contributed by atoms with Gasteiger partial charge < -0.3 is 0 Å². The van der Waals surface area contributed by atoms with Crippen molar-refractivity contribution in [3.05, 3.63) is 30.7 Å². The van der Waals surface area contributed by atoms with E-state index in [2.05, 4.69) is 9.97 Å². The highest BCUT2D eigenvalue weighted by Gasteiger charge is 1.95. The summed E-state index contributed by atoms with van der Waals surface area (Å²) in [7, 11) is 0. The van der Waals surface area contributed by atoms with E-state index >= 15 is 0 Å². The average molecular weight is 145 g/mol. The minimum Gasteiger partial charge on any atom is -0.288 e. The van der Waals surface area contributed by atoms with Crippen molar-refractivity contribution >= 4 is 10.9 Å². The van der Waals surface area contributed by atoms with Gasteiger partial charge in [0.15, 0.2) is 5.75 Å². The minimum atomic E-state index is -0.0660. The minimum absolute atomic E-state index is 0.0660. The molecule has 2 rings (SSSR count). The van der Waals surface area contributed by atoms with E-state index in [1.54, 1.807) is 24.5 Å². The van der Waals surface area contributed by atoms with E-state index in [1.807, 2.05) is 0 Å². The third-order valence-electron chi connectivity index (χ3n) is 1.46. The first-order valence-electron chi connectivity index (χ1n) is 3.23. The topological polar surface area (TPSA) is 45.7 Å². The molecule has 0 amide bonds. The third kappa shape index (κ3) is 1.00. The first-order valence-corrected chi connectivity index (χ1v) is 3.23. The molecule has 53 valence electrons. The number of pyridine rings is 2. The van der Waals surface area contributed by atoms with Crippen LogP contribution in [0.15, 0.2) is 30.7 Å². The number of hydrogen-bond acceptors (Lipinski definition) is 2. The van der Waals surface area contributed by atoms with E-state index in [0.29, 0.717) is 0 Å². The molecule has 0 N–H and O–H groups in total. The SMILES string of the molecule is [O]c1cnc2cnccc2c1. The molecule has 0 aromatic carbocycles. The predicted octanol–water partition coefficient (Wildman–Crippen LogP) is 1.77. The van der Waals surface area contributed by atoms with Crippen LogP contribution < -0.4 is 0 Å². The zero-order valence-corrected chi connectivity index (χ0v) is 5.69. The largest absolute Gasteiger partial charge is 0.288 e. The predicted molar refractivity (Wildman–Crippen MR) is 39.7 cm³/mol. The quantitative estimate of drug-likeness (QED) is 0.567.